The third-order valence-electron chi connectivity index (χ3n) is 2.11. The number of nitrogen functional groups attached to an aromatic ring is 2. The third-order valence-corrected chi connectivity index (χ3v) is 2.11. The molecular formula is C10H13N5O. The Morgan fingerprint density at radius 3 is 2.75 bits per heavy atom. The first-order valence-corrected chi connectivity index (χ1v) is 4.83. The zero-order valence-corrected chi connectivity index (χ0v) is 8.90. The van der Waals surface area contributed by atoms with E-state index in [1.54, 1.807) is 19.1 Å². The van der Waals surface area contributed by atoms with E-state index in [1.165, 1.54) is 0 Å². The van der Waals surface area contributed by atoms with E-state index in [0.717, 1.165) is 5.69 Å². The summed E-state index contributed by atoms with van der Waals surface area (Å²) in [5.74, 6) is 1.15. The van der Waals surface area contributed by atoms with Crippen molar-refractivity contribution in [2.45, 2.75) is 13.5 Å². The highest BCUT2D eigenvalue weighted by atomic mass is 16.5. The molecule has 0 saturated carbocycles. The van der Waals surface area contributed by atoms with Crippen LogP contribution in [0.2, 0.25) is 0 Å². The van der Waals surface area contributed by atoms with E-state index in [2.05, 4.69) is 15.5 Å². The number of hydrogen-bond donors (Lipinski definition) is 3. The van der Waals surface area contributed by atoms with Gasteiger partial charge < -0.3 is 21.3 Å². The molecule has 16 heavy (non-hydrogen) atoms. The van der Waals surface area contributed by atoms with Crippen LogP contribution in [0.1, 0.15) is 11.7 Å². The van der Waals surface area contributed by atoms with Crippen LogP contribution in [0.5, 0.6) is 0 Å². The molecule has 2 rings (SSSR count). The van der Waals surface area contributed by atoms with Crippen LogP contribution >= 0.6 is 0 Å². The maximum atomic E-state index is 5.68. The van der Waals surface area contributed by atoms with Crippen molar-refractivity contribution in [2.24, 2.45) is 0 Å². The largest absolute Gasteiger partial charge is 0.397 e. The Morgan fingerprint density at radius 2 is 2.12 bits per heavy atom. The quantitative estimate of drug-likeness (QED) is 0.669. The summed E-state index contributed by atoms with van der Waals surface area (Å²) in [5.41, 5.74) is 13.3. The number of rotatable bonds is 3. The van der Waals surface area contributed by atoms with E-state index in [1.807, 2.05) is 6.07 Å². The number of hydrogen-bond acceptors (Lipinski definition) is 6. The Kier molecular flexibility index (Phi) is 2.63. The fourth-order valence-corrected chi connectivity index (χ4v) is 1.28. The fraction of sp³-hybridized carbons (Fsp3) is 0.200. The lowest BCUT2D eigenvalue weighted by Crippen LogP contribution is -2.02. The molecule has 1 heterocycles. The van der Waals surface area contributed by atoms with Crippen LogP contribution in [-0.2, 0) is 6.54 Å². The number of aryl methyl sites for hydroxylation is 1. The van der Waals surface area contributed by atoms with Gasteiger partial charge in [-0.15, -0.1) is 0 Å². The van der Waals surface area contributed by atoms with Crippen molar-refractivity contribution in [3.05, 3.63) is 29.9 Å². The lowest BCUT2D eigenvalue weighted by molar-refractivity contribution is 0.388. The number of nitrogens with zero attached hydrogens (tertiary/aromatic N) is 2. The Morgan fingerprint density at radius 1 is 1.31 bits per heavy atom. The first-order valence-electron chi connectivity index (χ1n) is 4.83. The van der Waals surface area contributed by atoms with Crippen molar-refractivity contribution in [2.75, 3.05) is 16.8 Å². The fourth-order valence-electron chi connectivity index (χ4n) is 1.28. The Labute approximate surface area is 92.6 Å². The van der Waals surface area contributed by atoms with Crippen LogP contribution in [0.4, 0.5) is 17.1 Å². The van der Waals surface area contributed by atoms with E-state index in [4.69, 9.17) is 16.0 Å². The van der Waals surface area contributed by atoms with Crippen molar-refractivity contribution in [1.29, 1.82) is 0 Å². The van der Waals surface area contributed by atoms with Gasteiger partial charge in [-0.25, -0.2) is 0 Å². The molecule has 0 fully saturated rings. The summed E-state index contributed by atoms with van der Waals surface area (Å²) in [5, 5.41) is 6.89. The van der Waals surface area contributed by atoms with Gasteiger partial charge in [0.15, 0.2) is 5.82 Å². The SMILES string of the molecule is Cc1nc(CNc2ccc(N)c(N)c2)no1. The van der Waals surface area contributed by atoms with Gasteiger partial charge in [0.2, 0.25) is 5.89 Å². The second kappa shape index (κ2) is 4.09. The first-order chi connectivity index (χ1) is 7.65. The first kappa shape index (κ1) is 10.3. The van der Waals surface area contributed by atoms with E-state index in [9.17, 15) is 0 Å². The zero-order valence-electron chi connectivity index (χ0n) is 8.90. The second-order valence-electron chi connectivity index (χ2n) is 3.43. The minimum Gasteiger partial charge on any atom is -0.397 e. The molecule has 0 unspecified atom stereocenters. The van der Waals surface area contributed by atoms with Crippen molar-refractivity contribution in [1.82, 2.24) is 10.1 Å². The van der Waals surface area contributed by atoms with Gasteiger partial charge in [-0.2, -0.15) is 4.98 Å². The third kappa shape index (κ3) is 2.22. The number of anilines is 3. The highest BCUT2D eigenvalue weighted by Crippen LogP contribution is 2.19. The predicted molar refractivity (Wildman–Crippen MR) is 61.6 cm³/mol. The maximum Gasteiger partial charge on any atom is 0.223 e. The van der Waals surface area contributed by atoms with Crippen LogP contribution in [0.15, 0.2) is 22.7 Å². The highest BCUT2D eigenvalue weighted by molar-refractivity contribution is 5.69. The van der Waals surface area contributed by atoms with Crippen molar-refractivity contribution >= 4 is 17.1 Å². The molecule has 0 saturated heterocycles. The van der Waals surface area contributed by atoms with E-state index < -0.39 is 0 Å². The molecule has 1 aromatic heterocycles. The molecule has 0 spiro atoms. The predicted octanol–water partition coefficient (Wildman–Crippen LogP) is 1.15. The summed E-state index contributed by atoms with van der Waals surface area (Å²) in [7, 11) is 0. The monoisotopic (exact) mass is 219 g/mol. The molecule has 0 atom stereocenters. The molecule has 0 aliphatic rings. The Bertz CT molecular complexity index is 494. The molecule has 6 nitrogen and oxygen atoms in total. The molecule has 0 radical (unpaired) electrons. The molecule has 0 aliphatic heterocycles. The summed E-state index contributed by atoms with van der Waals surface area (Å²) in [6, 6.07) is 5.36. The molecule has 0 bridgehead atoms. The van der Waals surface area contributed by atoms with Gasteiger partial charge in [-0.3, -0.25) is 0 Å². The Balaban J connectivity index is 2.02. The summed E-state index contributed by atoms with van der Waals surface area (Å²) >= 11 is 0. The van der Waals surface area contributed by atoms with E-state index in [-0.39, 0.29) is 0 Å². The van der Waals surface area contributed by atoms with Gasteiger partial charge in [0, 0.05) is 12.6 Å². The molecule has 0 amide bonds. The lowest BCUT2D eigenvalue weighted by Gasteiger charge is -2.06. The summed E-state index contributed by atoms with van der Waals surface area (Å²) in [6.45, 7) is 2.23. The second-order valence-corrected chi connectivity index (χ2v) is 3.43. The number of benzene rings is 1. The molecular weight excluding hydrogens is 206 g/mol. The number of aromatic nitrogens is 2. The van der Waals surface area contributed by atoms with Gasteiger partial charge in [0.1, 0.15) is 0 Å². The van der Waals surface area contributed by atoms with Crippen molar-refractivity contribution in [3.8, 4) is 0 Å². The average Bonchev–Trinajstić information content (AvgIpc) is 2.66. The van der Waals surface area contributed by atoms with Crippen molar-refractivity contribution < 1.29 is 4.52 Å². The van der Waals surface area contributed by atoms with Gasteiger partial charge in [0.25, 0.3) is 0 Å². The van der Waals surface area contributed by atoms with Crippen LogP contribution in [0.25, 0.3) is 0 Å². The van der Waals surface area contributed by atoms with Crippen LogP contribution in [0, 0.1) is 6.92 Å². The maximum absolute atomic E-state index is 5.68. The van der Waals surface area contributed by atoms with Crippen molar-refractivity contribution in [3.63, 3.8) is 0 Å². The molecule has 0 aliphatic carbocycles. The molecule has 1 aromatic carbocycles. The molecule has 5 N–H and O–H groups in total. The lowest BCUT2D eigenvalue weighted by atomic mass is 10.2. The van der Waals surface area contributed by atoms with Gasteiger partial charge in [-0.05, 0) is 18.2 Å². The van der Waals surface area contributed by atoms with E-state index in [0.29, 0.717) is 29.6 Å². The van der Waals surface area contributed by atoms with E-state index >= 15 is 0 Å². The topological polar surface area (TPSA) is 103 Å². The zero-order chi connectivity index (χ0) is 11.5. The minimum absolute atomic E-state index is 0.487. The normalized spacial score (nSPS) is 10.3. The standard InChI is InChI=1S/C10H13N5O/c1-6-14-10(15-16-6)5-13-7-2-3-8(11)9(12)4-7/h2-4,13H,5,11-12H2,1H3. The molecule has 6 heteroatoms. The summed E-state index contributed by atoms with van der Waals surface area (Å²) in [6.07, 6.45) is 0. The summed E-state index contributed by atoms with van der Waals surface area (Å²) < 4.78 is 4.85. The van der Waals surface area contributed by atoms with Gasteiger partial charge in [-0.1, -0.05) is 5.16 Å². The van der Waals surface area contributed by atoms with Crippen LogP contribution in [-0.4, -0.2) is 10.1 Å². The molecule has 2 aromatic rings. The highest BCUT2D eigenvalue weighted by Gasteiger charge is 2.02. The Hall–Kier alpha value is -2.24. The van der Waals surface area contributed by atoms with Crippen LogP contribution < -0.4 is 16.8 Å². The summed E-state index contributed by atoms with van der Waals surface area (Å²) in [4.78, 5) is 4.07. The smallest absolute Gasteiger partial charge is 0.223 e. The van der Waals surface area contributed by atoms with Crippen LogP contribution in [0.3, 0.4) is 0 Å². The molecule has 84 valence electrons. The van der Waals surface area contributed by atoms with Gasteiger partial charge in [0.05, 0.1) is 17.9 Å². The average molecular weight is 219 g/mol. The number of nitrogens with two attached hydrogens (primary N) is 2. The van der Waals surface area contributed by atoms with Gasteiger partial charge >= 0.3 is 0 Å². The minimum atomic E-state index is 0.487. The number of nitrogens with one attached hydrogen (secondary N) is 1.